The van der Waals surface area contributed by atoms with Crippen LogP contribution in [0.4, 0.5) is 5.69 Å². The molecule has 1 aliphatic rings. The molecule has 22 heavy (non-hydrogen) atoms. The van der Waals surface area contributed by atoms with E-state index in [0.717, 1.165) is 12.5 Å². The molecule has 1 heterocycles. The Balaban J connectivity index is 2.12. The molecule has 0 saturated carbocycles. The van der Waals surface area contributed by atoms with E-state index >= 15 is 0 Å². The third-order valence-electron chi connectivity index (χ3n) is 3.48. The lowest BCUT2D eigenvalue weighted by molar-refractivity contribution is -0.119. The minimum absolute atomic E-state index is 0.157. The van der Waals surface area contributed by atoms with E-state index in [1.54, 1.807) is 0 Å². The highest BCUT2D eigenvalue weighted by Crippen LogP contribution is 2.22. The van der Waals surface area contributed by atoms with Gasteiger partial charge in [0.05, 0.1) is 11.2 Å². The maximum atomic E-state index is 12.2. The number of nitrogens with one attached hydrogen (secondary N) is 1. The van der Waals surface area contributed by atoms with E-state index in [2.05, 4.69) is 5.32 Å². The van der Waals surface area contributed by atoms with E-state index < -0.39 is 31.8 Å². The van der Waals surface area contributed by atoms with Crippen LogP contribution in [-0.4, -0.2) is 52.1 Å². The van der Waals surface area contributed by atoms with Crippen molar-refractivity contribution in [2.75, 3.05) is 24.4 Å². The fourth-order valence-electron chi connectivity index (χ4n) is 2.41. The number of sulfone groups is 1. The molecule has 2 rings (SSSR count). The van der Waals surface area contributed by atoms with Crippen LogP contribution in [0.1, 0.15) is 12.8 Å². The van der Waals surface area contributed by atoms with E-state index in [9.17, 15) is 21.6 Å². The molecule has 0 radical (unpaired) electrons. The van der Waals surface area contributed by atoms with Crippen molar-refractivity contribution in [1.82, 2.24) is 4.31 Å². The maximum Gasteiger partial charge on any atom is 0.242 e. The maximum absolute atomic E-state index is 12.2. The first-order valence-electron chi connectivity index (χ1n) is 6.67. The van der Waals surface area contributed by atoms with Crippen molar-refractivity contribution >= 4 is 31.5 Å². The van der Waals surface area contributed by atoms with Crippen molar-refractivity contribution in [3.63, 3.8) is 0 Å². The number of hydrogen-bond acceptors (Lipinski definition) is 5. The smallest absolute Gasteiger partial charge is 0.242 e. The molecular weight excluding hydrogens is 328 g/mol. The first kappa shape index (κ1) is 16.9. The zero-order chi connectivity index (χ0) is 16.5. The predicted octanol–water partition coefficient (Wildman–Crippen LogP) is 0.453. The van der Waals surface area contributed by atoms with Crippen LogP contribution in [0.5, 0.6) is 0 Å². The average molecular weight is 346 g/mol. The molecular formula is C13H18N2O5S2. The zero-order valence-electron chi connectivity index (χ0n) is 12.3. The van der Waals surface area contributed by atoms with Crippen molar-refractivity contribution in [3.8, 4) is 0 Å². The molecule has 0 bridgehead atoms. The van der Waals surface area contributed by atoms with Gasteiger partial charge in [-0.05, 0) is 37.1 Å². The van der Waals surface area contributed by atoms with Crippen molar-refractivity contribution < 1.29 is 21.6 Å². The van der Waals surface area contributed by atoms with E-state index in [-0.39, 0.29) is 4.90 Å². The SMILES string of the molecule is CS(=O)(=O)c1ccc(NC(=O)[C@H]2CCCN2S(C)(=O)=O)cc1. The highest BCUT2D eigenvalue weighted by atomic mass is 32.2. The Morgan fingerprint density at radius 2 is 1.73 bits per heavy atom. The van der Waals surface area contributed by atoms with E-state index in [4.69, 9.17) is 0 Å². The molecule has 122 valence electrons. The van der Waals surface area contributed by atoms with Crippen LogP contribution >= 0.6 is 0 Å². The lowest BCUT2D eigenvalue weighted by Gasteiger charge is -2.21. The number of nitrogens with zero attached hydrogens (tertiary/aromatic N) is 1. The monoisotopic (exact) mass is 346 g/mol. The molecule has 0 spiro atoms. The number of rotatable bonds is 4. The first-order chi connectivity index (χ1) is 10.1. The Bertz CT molecular complexity index is 769. The number of benzene rings is 1. The Labute approximate surface area is 130 Å². The summed E-state index contributed by atoms with van der Waals surface area (Å²) in [5.41, 5.74) is 0.428. The lowest BCUT2D eigenvalue weighted by Crippen LogP contribution is -2.42. The number of sulfonamides is 1. The molecule has 7 nitrogen and oxygen atoms in total. The molecule has 1 fully saturated rings. The minimum atomic E-state index is -3.42. The second-order valence-corrected chi connectivity index (χ2v) is 9.27. The van der Waals surface area contributed by atoms with Crippen LogP contribution in [0.15, 0.2) is 29.2 Å². The van der Waals surface area contributed by atoms with Crippen LogP contribution in [0, 0.1) is 0 Å². The summed E-state index contributed by atoms with van der Waals surface area (Å²) in [4.78, 5) is 12.4. The molecule has 0 aromatic heterocycles. The number of amides is 1. The van der Waals surface area contributed by atoms with Crippen molar-refractivity contribution in [3.05, 3.63) is 24.3 Å². The van der Waals surface area contributed by atoms with Crippen LogP contribution in [-0.2, 0) is 24.7 Å². The van der Waals surface area contributed by atoms with Crippen LogP contribution in [0.3, 0.4) is 0 Å². The number of carbonyl (C=O) groups is 1. The molecule has 1 aromatic carbocycles. The molecule has 0 aliphatic carbocycles. The van der Waals surface area contributed by atoms with Gasteiger partial charge in [0.25, 0.3) is 0 Å². The molecule has 9 heteroatoms. The third kappa shape index (κ3) is 3.84. The summed E-state index contributed by atoms with van der Waals surface area (Å²) < 4.78 is 47.2. The van der Waals surface area contributed by atoms with Gasteiger partial charge >= 0.3 is 0 Å². The van der Waals surface area contributed by atoms with Gasteiger partial charge in [-0.15, -0.1) is 0 Å². The quantitative estimate of drug-likeness (QED) is 0.853. The number of anilines is 1. The molecule has 0 unspecified atom stereocenters. The minimum Gasteiger partial charge on any atom is -0.325 e. The van der Waals surface area contributed by atoms with Gasteiger partial charge in [-0.25, -0.2) is 16.8 Å². The fourth-order valence-corrected chi connectivity index (χ4v) is 4.16. The van der Waals surface area contributed by atoms with Crippen molar-refractivity contribution in [1.29, 1.82) is 0 Å². The van der Waals surface area contributed by atoms with Gasteiger partial charge in [0.1, 0.15) is 6.04 Å². The molecule has 1 atom stereocenters. The molecule has 1 aliphatic heterocycles. The summed E-state index contributed by atoms with van der Waals surface area (Å²) in [5.74, 6) is -0.407. The van der Waals surface area contributed by atoms with Gasteiger partial charge in [-0.1, -0.05) is 0 Å². The Morgan fingerprint density at radius 1 is 1.14 bits per heavy atom. The van der Waals surface area contributed by atoms with Crippen LogP contribution < -0.4 is 5.32 Å². The highest BCUT2D eigenvalue weighted by molar-refractivity contribution is 7.90. The summed E-state index contributed by atoms with van der Waals surface area (Å²) in [5, 5.41) is 2.62. The van der Waals surface area contributed by atoms with Gasteiger partial charge in [-0.2, -0.15) is 4.31 Å². The topological polar surface area (TPSA) is 101 Å². The number of carbonyl (C=O) groups excluding carboxylic acids is 1. The molecule has 1 aromatic rings. The van der Waals surface area contributed by atoms with Gasteiger partial charge in [0.15, 0.2) is 9.84 Å². The number of hydrogen-bond donors (Lipinski definition) is 1. The van der Waals surface area contributed by atoms with Gasteiger partial charge in [0, 0.05) is 18.5 Å². The predicted molar refractivity (Wildman–Crippen MR) is 82.8 cm³/mol. The fraction of sp³-hybridized carbons (Fsp3) is 0.462. The Kier molecular flexibility index (Phi) is 4.59. The normalized spacial score (nSPS) is 20.0. The standard InChI is InChI=1S/C13H18N2O5S2/c1-21(17,18)11-7-5-10(6-8-11)14-13(16)12-4-3-9-15(12)22(2,19)20/h5-8,12H,3-4,9H2,1-2H3,(H,14,16)/t12-/m1/s1. The summed E-state index contributed by atoms with van der Waals surface area (Å²) in [6.07, 6.45) is 3.29. The summed E-state index contributed by atoms with van der Waals surface area (Å²) in [7, 11) is -6.71. The van der Waals surface area contributed by atoms with Crippen molar-refractivity contribution in [2.24, 2.45) is 0 Å². The van der Waals surface area contributed by atoms with Crippen LogP contribution in [0.2, 0.25) is 0 Å². The van der Waals surface area contributed by atoms with E-state index in [1.165, 1.54) is 28.6 Å². The second-order valence-electron chi connectivity index (χ2n) is 5.32. The third-order valence-corrected chi connectivity index (χ3v) is 5.90. The van der Waals surface area contributed by atoms with Crippen molar-refractivity contribution in [2.45, 2.75) is 23.8 Å². The Morgan fingerprint density at radius 3 is 2.23 bits per heavy atom. The van der Waals surface area contributed by atoms with E-state index in [1.807, 2.05) is 0 Å². The van der Waals surface area contributed by atoms with Gasteiger partial charge < -0.3 is 5.32 Å². The zero-order valence-corrected chi connectivity index (χ0v) is 13.9. The Hall–Kier alpha value is -1.45. The molecule has 1 amide bonds. The highest BCUT2D eigenvalue weighted by Gasteiger charge is 2.36. The largest absolute Gasteiger partial charge is 0.325 e. The second kappa shape index (κ2) is 5.98. The first-order valence-corrected chi connectivity index (χ1v) is 10.4. The average Bonchev–Trinajstić information content (AvgIpc) is 2.87. The molecule has 1 saturated heterocycles. The molecule has 1 N–H and O–H groups in total. The van der Waals surface area contributed by atoms with Gasteiger partial charge in [-0.3, -0.25) is 4.79 Å². The van der Waals surface area contributed by atoms with Crippen LogP contribution in [0.25, 0.3) is 0 Å². The summed E-state index contributed by atoms with van der Waals surface area (Å²) in [6.45, 7) is 0.337. The summed E-state index contributed by atoms with van der Waals surface area (Å²) in [6, 6.07) is 5.04. The summed E-state index contributed by atoms with van der Waals surface area (Å²) >= 11 is 0. The van der Waals surface area contributed by atoms with Gasteiger partial charge in [0.2, 0.25) is 15.9 Å². The lowest BCUT2D eigenvalue weighted by atomic mass is 10.2. The van der Waals surface area contributed by atoms with E-state index in [0.29, 0.717) is 25.1 Å².